The highest BCUT2D eigenvalue weighted by Gasteiger charge is 2.18. The molecule has 0 aliphatic rings. The number of imidazole rings is 1. The number of ether oxygens (including phenoxy) is 1. The average molecular weight is 312 g/mol. The molecule has 0 saturated heterocycles. The lowest BCUT2D eigenvalue weighted by Crippen LogP contribution is -2.13. The van der Waals surface area contributed by atoms with Crippen molar-refractivity contribution in [1.29, 1.82) is 0 Å². The molecule has 0 unspecified atom stereocenters. The Morgan fingerprint density at radius 1 is 1.23 bits per heavy atom. The van der Waals surface area contributed by atoms with Gasteiger partial charge in [-0.25, -0.2) is 4.98 Å². The fraction of sp³-hybridized carbons (Fsp3) is 0.176. The SMILES string of the molecule is COc1ccc2nc(S[C@H](C)C(=O)c3ccccc3)[nH]c2c1. The highest BCUT2D eigenvalue weighted by atomic mass is 32.2. The molecule has 1 heterocycles. The molecule has 0 aliphatic heterocycles. The molecular formula is C17H16N2O2S. The van der Waals surface area contributed by atoms with Gasteiger partial charge in [0, 0.05) is 11.6 Å². The minimum Gasteiger partial charge on any atom is -0.497 e. The molecule has 1 atom stereocenters. The van der Waals surface area contributed by atoms with Crippen molar-refractivity contribution >= 4 is 28.6 Å². The number of methoxy groups -OCH3 is 1. The lowest BCUT2D eigenvalue weighted by molar-refractivity contribution is 0.0994. The van der Waals surface area contributed by atoms with Crippen LogP contribution in [0.3, 0.4) is 0 Å². The Morgan fingerprint density at radius 3 is 2.73 bits per heavy atom. The predicted octanol–water partition coefficient (Wildman–Crippen LogP) is 3.94. The van der Waals surface area contributed by atoms with Gasteiger partial charge in [0.1, 0.15) is 5.75 Å². The number of nitrogens with one attached hydrogen (secondary N) is 1. The number of fused-ring (bicyclic) bond motifs is 1. The molecule has 1 N–H and O–H groups in total. The third kappa shape index (κ3) is 2.99. The topological polar surface area (TPSA) is 55.0 Å². The van der Waals surface area contributed by atoms with E-state index in [9.17, 15) is 4.79 Å². The Kier molecular flexibility index (Phi) is 4.15. The maximum absolute atomic E-state index is 12.4. The van der Waals surface area contributed by atoms with Crippen LogP contribution in [0.2, 0.25) is 0 Å². The Morgan fingerprint density at radius 2 is 2.00 bits per heavy atom. The van der Waals surface area contributed by atoms with Gasteiger partial charge in [0.15, 0.2) is 10.9 Å². The summed E-state index contributed by atoms with van der Waals surface area (Å²) in [5, 5.41) is 0.532. The Hall–Kier alpha value is -2.27. The first-order chi connectivity index (χ1) is 10.7. The Balaban J connectivity index is 1.79. The van der Waals surface area contributed by atoms with Crippen LogP contribution in [0, 0.1) is 0 Å². The summed E-state index contributed by atoms with van der Waals surface area (Å²) in [4.78, 5) is 20.1. The molecule has 112 valence electrons. The van der Waals surface area contributed by atoms with Crippen LogP contribution in [-0.4, -0.2) is 28.1 Å². The average Bonchev–Trinajstić information content (AvgIpc) is 2.95. The molecule has 22 heavy (non-hydrogen) atoms. The van der Waals surface area contributed by atoms with Crippen molar-refractivity contribution in [3.05, 3.63) is 54.1 Å². The molecule has 0 fully saturated rings. The monoisotopic (exact) mass is 312 g/mol. The number of Topliss-reactive ketones (excluding diaryl/α,β-unsaturated/α-hetero) is 1. The van der Waals surface area contributed by atoms with E-state index in [0.717, 1.165) is 27.5 Å². The van der Waals surface area contributed by atoms with Crippen LogP contribution in [0.15, 0.2) is 53.7 Å². The molecule has 0 spiro atoms. The van der Waals surface area contributed by atoms with Gasteiger partial charge in [-0.15, -0.1) is 0 Å². The van der Waals surface area contributed by atoms with E-state index in [0.29, 0.717) is 0 Å². The van der Waals surface area contributed by atoms with E-state index in [1.165, 1.54) is 11.8 Å². The fourth-order valence-corrected chi connectivity index (χ4v) is 3.10. The molecular weight excluding hydrogens is 296 g/mol. The second-order valence-electron chi connectivity index (χ2n) is 4.92. The first-order valence-corrected chi connectivity index (χ1v) is 7.85. The first kappa shape index (κ1) is 14.7. The smallest absolute Gasteiger partial charge is 0.175 e. The van der Waals surface area contributed by atoms with Crippen molar-refractivity contribution in [2.45, 2.75) is 17.3 Å². The van der Waals surface area contributed by atoms with E-state index in [4.69, 9.17) is 4.74 Å². The number of aromatic amines is 1. The van der Waals surface area contributed by atoms with Crippen molar-refractivity contribution in [2.75, 3.05) is 7.11 Å². The van der Waals surface area contributed by atoms with Gasteiger partial charge in [-0.3, -0.25) is 4.79 Å². The van der Waals surface area contributed by atoms with Crippen LogP contribution in [0.5, 0.6) is 5.75 Å². The zero-order chi connectivity index (χ0) is 15.5. The molecule has 3 rings (SSSR count). The van der Waals surface area contributed by atoms with E-state index >= 15 is 0 Å². The summed E-state index contributed by atoms with van der Waals surface area (Å²) in [5.41, 5.74) is 2.49. The van der Waals surface area contributed by atoms with E-state index in [-0.39, 0.29) is 11.0 Å². The number of hydrogen-bond donors (Lipinski definition) is 1. The van der Waals surface area contributed by atoms with Gasteiger partial charge < -0.3 is 9.72 Å². The van der Waals surface area contributed by atoms with Gasteiger partial charge in [-0.1, -0.05) is 42.1 Å². The highest BCUT2D eigenvalue weighted by Crippen LogP contribution is 2.27. The second kappa shape index (κ2) is 6.23. The molecule has 2 aromatic carbocycles. The quantitative estimate of drug-likeness (QED) is 0.573. The summed E-state index contributed by atoms with van der Waals surface area (Å²) < 4.78 is 5.20. The number of carbonyl (C=O) groups is 1. The third-order valence-corrected chi connectivity index (χ3v) is 4.37. The van der Waals surface area contributed by atoms with Crippen LogP contribution in [0.1, 0.15) is 17.3 Å². The number of nitrogens with zero attached hydrogens (tertiary/aromatic N) is 1. The predicted molar refractivity (Wildman–Crippen MR) is 88.7 cm³/mol. The van der Waals surface area contributed by atoms with Crippen molar-refractivity contribution in [3.8, 4) is 5.75 Å². The molecule has 0 radical (unpaired) electrons. The van der Waals surface area contributed by atoms with Gasteiger partial charge in [0.05, 0.1) is 23.4 Å². The number of thioether (sulfide) groups is 1. The van der Waals surface area contributed by atoms with Crippen LogP contribution in [-0.2, 0) is 0 Å². The number of ketones is 1. The molecule has 1 aromatic heterocycles. The molecule has 3 aromatic rings. The zero-order valence-corrected chi connectivity index (χ0v) is 13.2. The van der Waals surface area contributed by atoms with Gasteiger partial charge >= 0.3 is 0 Å². The van der Waals surface area contributed by atoms with Crippen LogP contribution >= 0.6 is 11.8 Å². The summed E-state index contributed by atoms with van der Waals surface area (Å²) in [5.74, 6) is 0.879. The number of benzene rings is 2. The van der Waals surface area contributed by atoms with Crippen molar-refractivity contribution in [2.24, 2.45) is 0 Å². The van der Waals surface area contributed by atoms with E-state index in [1.54, 1.807) is 7.11 Å². The van der Waals surface area contributed by atoms with Gasteiger partial charge in [0.25, 0.3) is 0 Å². The molecule has 0 bridgehead atoms. The van der Waals surface area contributed by atoms with Gasteiger partial charge in [-0.2, -0.15) is 0 Å². The van der Waals surface area contributed by atoms with E-state index < -0.39 is 0 Å². The molecule has 0 amide bonds. The zero-order valence-electron chi connectivity index (χ0n) is 12.4. The lowest BCUT2D eigenvalue weighted by Gasteiger charge is -2.07. The fourth-order valence-electron chi connectivity index (χ4n) is 2.21. The second-order valence-corrected chi connectivity index (χ2v) is 6.24. The minimum absolute atomic E-state index is 0.101. The number of H-pyrrole nitrogens is 1. The summed E-state index contributed by atoms with van der Waals surface area (Å²) in [7, 11) is 1.63. The summed E-state index contributed by atoms with van der Waals surface area (Å²) >= 11 is 1.43. The first-order valence-electron chi connectivity index (χ1n) is 6.97. The number of aromatic nitrogens is 2. The van der Waals surface area contributed by atoms with Gasteiger partial charge in [0.2, 0.25) is 0 Å². The van der Waals surface area contributed by atoms with Crippen molar-refractivity contribution < 1.29 is 9.53 Å². The third-order valence-electron chi connectivity index (χ3n) is 3.38. The van der Waals surface area contributed by atoms with Crippen LogP contribution in [0.25, 0.3) is 11.0 Å². The van der Waals surface area contributed by atoms with Crippen molar-refractivity contribution in [3.63, 3.8) is 0 Å². The summed E-state index contributed by atoms with van der Waals surface area (Å²) in [6.45, 7) is 1.90. The molecule has 0 aliphatic carbocycles. The van der Waals surface area contributed by atoms with E-state index in [1.807, 2.05) is 55.5 Å². The van der Waals surface area contributed by atoms with Crippen molar-refractivity contribution in [1.82, 2.24) is 9.97 Å². The maximum Gasteiger partial charge on any atom is 0.175 e. The Bertz CT molecular complexity index is 799. The number of rotatable bonds is 5. The molecule has 4 nitrogen and oxygen atoms in total. The normalized spacial score (nSPS) is 12.3. The largest absolute Gasteiger partial charge is 0.497 e. The summed E-state index contributed by atoms with van der Waals surface area (Å²) in [6.07, 6.45) is 0. The Labute approximate surface area is 132 Å². The van der Waals surface area contributed by atoms with Gasteiger partial charge in [-0.05, 0) is 19.1 Å². The number of hydrogen-bond acceptors (Lipinski definition) is 4. The number of carbonyl (C=O) groups excluding carboxylic acids is 1. The standard InChI is InChI=1S/C17H16N2O2S/c1-11(16(20)12-6-4-3-5-7-12)22-17-18-14-9-8-13(21-2)10-15(14)19-17/h3-11H,1-2H3,(H,18,19)/t11-/m1/s1. The van der Waals surface area contributed by atoms with E-state index in [2.05, 4.69) is 9.97 Å². The molecule has 0 saturated carbocycles. The van der Waals surface area contributed by atoms with Crippen LogP contribution in [0.4, 0.5) is 0 Å². The highest BCUT2D eigenvalue weighted by molar-refractivity contribution is 8.00. The minimum atomic E-state index is -0.204. The van der Waals surface area contributed by atoms with Crippen LogP contribution < -0.4 is 4.74 Å². The lowest BCUT2D eigenvalue weighted by atomic mass is 10.1. The summed E-state index contributed by atoms with van der Waals surface area (Å²) in [6, 6.07) is 15.0. The molecule has 5 heteroatoms. The maximum atomic E-state index is 12.4.